The first-order valence-corrected chi connectivity index (χ1v) is 6.94. The summed E-state index contributed by atoms with van der Waals surface area (Å²) in [5, 5.41) is 3.07. The van der Waals surface area contributed by atoms with E-state index in [0.717, 1.165) is 0 Å². The average molecular weight is 262 g/mol. The van der Waals surface area contributed by atoms with E-state index in [9.17, 15) is 4.79 Å². The van der Waals surface area contributed by atoms with Crippen molar-refractivity contribution >= 4 is 5.91 Å². The van der Waals surface area contributed by atoms with Crippen LogP contribution < -0.4 is 11.1 Å². The number of benzene rings is 1. The Morgan fingerprint density at radius 2 is 1.89 bits per heavy atom. The molecular weight excluding hydrogens is 236 g/mol. The average Bonchev–Trinajstić information content (AvgIpc) is 2.28. The number of rotatable bonds is 5. The number of carbonyl (C=O) groups is 1. The van der Waals surface area contributed by atoms with Crippen LogP contribution in [0.4, 0.5) is 0 Å². The zero-order valence-corrected chi connectivity index (χ0v) is 12.7. The topological polar surface area (TPSA) is 55.1 Å². The zero-order valence-electron chi connectivity index (χ0n) is 12.7. The van der Waals surface area contributed by atoms with Crippen molar-refractivity contribution in [2.24, 2.45) is 17.6 Å². The van der Waals surface area contributed by atoms with E-state index in [1.807, 2.05) is 20.8 Å². The largest absolute Gasteiger partial charge is 0.349 e. The minimum atomic E-state index is -0.117. The third-order valence-corrected chi connectivity index (χ3v) is 3.65. The van der Waals surface area contributed by atoms with Crippen molar-refractivity contribution in [3.05, 3.63) is 34.9 Å². The van der Waals surface area contributed by atoms with Gasteiger partial charge < -0.3 is 11.1 Å². The van der Waals surface area contributed by atoms with Crippen LogP contribution in [-0.2, 0) is 4.79 Å². The molecule has 0 aromatic heterocycles. The van der Waals surface area contributed by atoms with Gasteiger partial charge in [0.1, 0.15) is 0 Å². The van der Waals surface area contributed by atoms with Crippen LogP contribution in [0.25, 0.3) is 0 Å². The highest BCUT2D eigenvalue weighted by atomic mass is 16.2. The second kappa shape index (κ2) is 6.71. The molecule has 0 radical (unpaired) electrons. The quantitative estimate of drug-likeness (QED) is 0.857. The van der Waals surface area contributed by atoms with Crippen molar-refractivity contribution in [1.82, 2.24) is 5.32 Å². The minimum absolute atomic E-state index is 0.0147. The van der Waals surface area contributed by atoms with Crippen LogP contribution in [0.15, 0.2) is 18.2 Å². The molecule has 2 atom stereocenters. The van der Waals surface area contributed by atoms with Crippen LogP contribution >= 0.6 is 0 Å². The summed E-state index contributed by atoms with van der Waals surface area (Å²) in [7, 11) is 0. The maximum absolute atomic E-state index is 12.2. The molecule has 1 amide bonds. The highest BCUT2D eigenvalue weighted by Gasteiger charge is 2.22. The molecule has 1 aromatic carbocycles. The molecule has 19 heavy (non-hydrogen) atoms. The third kappa shape index (κ3) is 4.06. The van der Waals surface area contributed by atoms with Crippen LogP contribution in [0.2, 0.25) is 0 Å². The Hall–Kier alpha value is -1.35. The lowest BCUT2D eigenvalue weighted by Crippen LogP contribution is -2.39. The Morgan fingerprint density at radius 3 is 2.37 bits per heavy atom. The van der Waals surface area contributed by atoms with E-state index in [1.54, 1.807) is 0 Å². The van der Waals surface area contributed by atoms with E-state index < -0.39 is 0 Å². The number of nitrogens with two attached hydrogens (primary N) is 1. The second-order valence-corrected chi connectivity index (χ2v) is 5.68. The van der Waals surface area contributed by atoms with Gasteiger partial charge in [0.25, 0.3) is 0 Å². The summed E-state index contributed by atoms with van der Waals surface area (Å²) >= 11 is 0. The van der Waals surface area contributed by atoms with E-state index in [4.69, 9.17) is 5.73 Å². The van der Waals surface area contributed by atoms with Gasteiger partial charge in [-0.2, -0.15) is 0 Å². The zero-order chi connectivity index (χ0) is 14.6. The van der Waals surface area contributed by atoms with Gasteiger partial charge in [0.15, 0.2) is 0 Å². The minimum Gasteiger partial charge on any atom is -0.349 e. The number of carbonyl (C=O) groups excluding carboxylic acids is 1. The van der Waals surface area contributed by atoms with E-state index >= 15 is 0 Å². The molecule has 0 aliphatic heterocycles. The van der Waals surface area contributed by atoms with Crippen molar-refractivity contribution in [3.63, 3.8) is 0 Å². The van der Waals surface area contributed by atoms with Gasteiger partial charge in [0.05, 0.1) is 12.0 Å². The van der Waals surface area contributed by atoms with Crippen molar-refractivity contribution in [2.75, 3.05) is 6.54 Å². The standard InChI is InChI=1S/C16H26N2O/c1-10(2)15(9-17)16(19)18-13(5)14-7-6-11(3)8-12(14)4/h6-8,10,13,15H,9,17H2,1-5H3,(H,18,19). The van der Waals surface area contributed by atoms with Gasteiger partial charge in [0.2, 0.25) is 5.91 Å². The van der Waals surface area contributed by atoms with Crippen molar-refractivity contribution in [3.8, 4) is 0 Å². The molecule has 1 rings (SSSR count). The molecule has 3 heteroatoms. The maximum atomic E-state index is 12.2. The number of amides is 1. The summed E-state index contributed by atoms with van der Waals surface area (Å²) in [4.78, 5) is 12.2. The smallest absolute Gasteiger partial charge is 0.225 e. The summed E-state index contributed by atoms with van der Waals surface area (Å²) in [6, 6.07) is 6.32. The number of nitrogens with one attached hydrogen (secondary N) is 1. The lowest BCUT2D eigenvalue weighted by atomic mass is 9.94. The molecule has 1 aromatic rings. The van der Waals surface area contributed by atoms with Crippen LogP contribution in [0.3, 0.4) is 0 Å². The van der Waals surface area contributed by atoms with Crippen LogP contribution in [0, 0.1) is 25.7 Å². The second-order valence-electron chi connectivity index (χ2n) is 5.68. The molecule has 3 N–H and O–H groups in total. The first-order valence-electron chi connectivity index (χ1n) is 6.94. The van der Waals surface area contributed by atoms with Gasteiger partial charge in [-0.1, -0.05) is 37.6 Å². The maximum Gasteiger partial charge on any atom is 0.225 e. The van der Waals surface area contributed by atoms with Crippen LogP contribution in [-0.4, -0.2) is 12.5 Å². The molecule has 0 saturated heterocycles. The molecule has 3 nitrogen and oxygen atoms in total. The SMILES string of the molecule is Cc1ccc(C(C)NC(=O)C(CN)C(C)C)c(C)c1. The summed E-state index contributed by atoms with van der Waals surface area (Å²) in [6.45, 7) is 10.6. The Bertz CT molecular complexity index is 440. The van der Waals surface area contributed by atoms with Gasteiger partial charge in [-0.15, -0.1) is 0 Å². The molecule has 2 unspecified atom stereocenters. The Kier molecular flexibility index (Phi) is 5.55. The fourth-order valence-electron chi connectivity index (χ4n) is 2.39. The van der Waals surface area contributed by atoms with Gasteiger partial charge in [-0.25, -0.2) is 0 Å². The Labute approximate surface area is 116 Å². The van der Waals surface area contributed by atoms with E-state index in [0.29, 0.717) is 6.54 Å². The molecule has 0 fully saturated rings. The predicted molar refractivity (Wildman–Crippen MR) is 79.9 cm³/mol. The molecule has 0 bridgehead atoms. The van der Waals surface area contributed by atoms with E-state index in [1.165, 1.54) is 16.7 Å². The van der Waals surface area contributed by atoms with Crippen LogP contribution in [0.1, 0.15) is 43.5 Å². The van der Waals surface area contributed by atoms with Crippen molar-refractivity contribution in [2.45, 2.75) is 40.7 Å². The van der Waals surface area contributed by atoms with Crippen LogP contribution in [0.5, 0.6) is 0 Å². The summed E-state index contributed by atoms with van der Waals surface area (Å²) < 4.78 is 0. The summed E-state index contributed by atoms with van der Waals surface area (Å²) in [5.41, 5.74) is 9.29. The fraction of sp³-hybridized carbons (Fsp3) is 0.562. The molecule has 0 heterocycles. The van der Waals surface area contributed by atoms with Gasteiger partial charge in [-0.05, 0) is 37.8 Å². The summed E-state index contributed by atoms with van der Waals surface area (Å²) in [6.07, 6.45) is 0. The monoisotopic (exact) mass is 262 g/mol. The number of aryl methyl sites for hydroxylation is 2. The van der Waals surface area contributed by atoms with Gasteiger partial charge in [-0.3, -0.25) is 4.79 Å². The Morgan fingerprint density at radius 1 is 1.26 bits per heavy atom. The highest BCUT2D eigenvalue weighted by molar-refractivity contribution is 5.79. The summed E-state index contributed by atoms with van der Waals surface area (Å²) in [5.74, 6) is 0.189. The molecule has 0 aliphatic rings. The highest BCUT2D eigenvalue weighted by Crippen LogP contribution is 2.20. The molecule has 106 valence electrons. The third-order valence-electron chi connectivity index (χ3n) is 3.65. The van der Waals surface area contributed by atoms with Gasteiger partial charge in [0, 0.05) is 6.54 Å². The predicted octanol–water partition coefficient (Wildman–Crippen LogP) is 2.71. The lowest BCUT2D eigenvalue weighted by Gasteiger charge is -2.23. The molecule has 0 aliphatic carbocycles. The first-order chi connectivity index (χ1) is 8.86. The lowest BCUT2D eigenvalue weighted by molar-refractivity contribution is -0.126. The van der Waals surface area contributed by atoms with E-state index in [-0.39, 0.29) is 23.8 Å². The van der Waals surface area contributed by atoms with Gasteiger partial charge >= 0.3 is 0 Å². The Balaban J connectivity index is 2.79. The van der Waals surface area contributed by atoms with Crippen molar-refractivity contribution < 1.29 is 4.79 Å². The molecular formula is C16H26N2O. The number of hydrogen-bond acceptors (Lipinski definition) is 2. The number of hydrogen-bond donors (Lipinski definition) is 2. The molecule has 0 spiro atoms. The van der Waals surface area contributed by atoms with E-state index in [2.05, 4.69) is 37.4 Å². The fourth-order valence-corrected chi connectivity index (χ4v) is 2.39. The molecule has 0 saturated carbocycles. The van der Waals surface area contributed by atoms with Crippen molar-refractivity contribution in [1.29, 1.82) is 0 Å². The first kappa shape index (κ1) is 15.7. The normalized spacial score (nSPS) is 14.3.